The van der Waals surface area contributed by atoms with Gasteiger partial charge in [0.15, 0.2) is 5.76 Å². The normalized spacial score (nSPS) is 11.8. The fraction of sp³-hybridized carbons (Fsp3) is 0.200. The van der Waals surface area contributed by atoms with Crippen molar-refractivity contribution in [1.82, 2.24) is 5.32 Å². The van der Waals surface area contributed by atoms with Gasteiger partial charge in [-0.05, 0) is 18.6 Å². The van der Waals surface area contributed by atoms with Crippen LogP contribution in [0.5, 0.6) is 0 Å². The first kappa shape index (κ1) is 13.9. The molecule has 1 heterocycles. The molecule has 0 unspecified atom stereocenters. The third kappa shape index (κ3) is 3.26. The minimum Gasteiger partial charge on any atom is -0.480 e. The lowest BCUT2D eigenvalue weighted by molar-refractivity contribution is -0.139. The Morgan fingerprint density at radius 2 is 1.95 bits per heavy atom. The molecule has 0 aliphatic carbocycles. The summed E-state index contributed by atoms with van der Waals surface area (Å²) >= 11 is 0. The van der Waals surface area contributed by atoms with Crippen LogP contribution in [-0.2, 0) is 11.2 Å². The Bertz CT molecular complexity index is 603. The lowest BCUT2D eigenvalue weighted by Crippen LogP contribution is -2.42. The van der Waals surface area contributed by atoms with E-state index in [-0.39, 0.29) is 12.2 Å². The summed E-state index contributed by atoms with van der Waals surface area (Å²) in [5, 5.41) is 11.7. The number of hydrogen-bond donors (Lipinski definition) is 2. The van der Waals surface area contributed by atoms with Gasteiger partial charge < -0.3 is 14.8 Å². The molecule has 1 aromatic heterocycles. The fourth-order valence-electron chi connectivity index (χ4n) is 1.88. The minimum absolute atomic E-state index is 0.143. The highest BCUT2D eigenvalue weighted by atomic mass is 16.4. The number of nitrogens with one attached hydrogen (secondary N) is 1. The van der Waals surface area contributed by atoms with E-state index in [1.165, 1.54) is 6.26 Å². The molecule has 0 radical (unpaired) electrons. The molecule has 5 heteroatoms. The van der Waals surface area contributed by atoms with Gasteiger partial charge in [-0.25, -0.2) is 4.79 Å². The van der Waals surface area contributed by atoms with Gasteiger partial charge in [0, 0.05) is 12.0 Å². The molecule has 2 N–H and O–H groups in total. The summed E-state index contributed by atoms with van der Waals surface area (Å²) in [4.78, 5) is 23.2. The first-order valence-electron chi connectivity index (χ1n) is 6.19. The molecule has 104 valence electrons. The molecule has 2 rings (SSSR count). The van der Waals surface area contributed by atoms with Crippen molar-refractivity contribution in [2.24, 2.45) is 0 Å². The molecule has 1 amide bonds. The number of hydrogen-bond acceptors (Lipinski definition) is 3. The van der Waals surface area contributed by atoms with E-state index < -0.39 is 17.9 Å². The number of furan rings is 1. The van der Waals surface area contributed by atoms with E-state index in [1.807, 2.05) is 30.3 Å². The number of carboxylic acid groups (broad SMARTS) is 1. The van der Waals surface area contributed by atoms with Gasteiger partial charge in [0.25, 0.3) is 5.91 Å². The van der Waals surface area contributed by atoms with Crippen molar-refractivity contribution >= 4 is 11.9 Å². The number of aliphatic carboxylic acids is 1. The topological polar surface area (TPSA) is 79.5 Å². The number of benzene rings is 1. The van der Waals surface area contributed by atoms with E-state index >= 15 is 0 Å². The van der Waals surface area contributed by atoms with Crippen LogP contribution < -0.4 is 5.32 Å². The van der Waals surface area contributed by atoms with Crippen LogP contribution in [0.4, 0.5) is 0 Å². The van der Waals surface area contributed by atoms with E-state index in [1.54, 1.807) is 13.0 Å². The van der Waals surface area contributed by atoms with Crippen molar-refractivity contribution < 1.29 is 19.1 Å². The van der Waals surface area contributed by atoms with Crippen LogP contribution in [0.25, 0.3) is 0 Å². The minimum atomic E-state index is -1.08. The summed E-state index contributed by atoms with van der Waals surface area (Å²) in [6, 6.07) is 9.81. The van der Waals surface area contributed by atoms with Crippen molar-refractivity contribution in [2.45, 2.75) is 19.4 Å². The number of aryl methyl sites for hydroxylation is 1. The van der Waals surface area contributed by atoms with Gasteiger partial charge >= 0.3 is 5.97 Å². The van der Waals surface area contributed by atoms with Gasteiger partial charge in [-0.3, -0.25) is 4.79 Å². The summed E-state index contributed by atoms with van der Waals surface area (Å²) in [5.74, 6) is -1.45. The first-order chi connectivity index (χ1) is 9.58. The Labute approximate surface area is 116 Å². The molecule has 0 saturated carbocycles. The molecule has 20 heavy (non-hydrogen) atoms. The van der Waals surface area contributed by atoms with Crippen LogP contribution in [0, 0.1) is 6.92 Å². The van der Waals surface area contributed by atoms with Gasteiger partial charge in [-0.1, -0.05) is 30.3 Å². The van der Waals surface area contributed by atoms with Crippen molar-refractivity contribution in [3.8, 4) is 0 Å². The van der Waals surface area contributed by atoms with Gasteiger partial charge in [-0.2, -0.15) is 0 Å². The van der Waals surface area contributed by atoms with E-state index in [0.29, 0.717) is 5.56 Å². The lowest BCUT2D eigenvalue weighted by Gasteiger charge is -2.14. The zero-order chi connectivity index (χ0) is 14.5. The van der Waals surface area contributed by atoms with Crippen LogP contribution in [0.2, 0.25) is 0 Å². The fourth-order valence-corrected chi connectivity index (χ4v) is 1.88. The maximum Gasteiger partial charge on any atom is 0.326 e. The number of carbonyl (C=O) groups is 2. The maximum atomic E-state index is 12.0. The second-order valence-electron chi connectivity index (χ2n) is 4.49. The van der Waals surface area contributed by atoms with Crippen molar-refractivity contribution in [3.05, 3.63) is 59.5 Å². The van der Waals surface area contributed by atoms with Crippen LogP contribution in [0.3, 0.4) is 0 Å². The molecule has 0 aliphatic heterocycles. The van der Waals surface area contributed by atoms with Crippen molar-refractivity contribution in [1.29, 1.82) is 0 Å². The van der Waals surface area contributed by atoms with Crippen molar-refractivity contribution in [3.63, 3.8) is 0 Å². The SMILES string of the molecule is Cc1ccoc1C(=O)N[C@@H](Cc1ccccc1)C(=O)O. The predicted octanol–water partition coefficient (Wildman–Crippen LogP) is 2.01. The van der Waals surface area contributed by atoms with E-state index in [0.717, 1.165) is 5.56 Å². The number of carboxylic acids is 1. The molecule has 0 bridgehead atoms. The molecule has 5 nitrogen and oxygen atoms in total. The van der Waals surface area contributed by atoms with Crippen LogP contribution in [0.15, 0.2) is 47.1 Å². The summed E-state index contributed by atoms with van der Waals surface area (Å²) in [6.07, 6.45) is 1.62. The second-order valence-corrected chi connectivity index (χ2v) is 4.49. The molecule has 0 aliphatic rings. The third-order valence-electron chi connectivity index (χ3n) is 2.95. The van der Waals surface area contributed by atoms with Crippen LogP contribution >= 0.6 is 0 Å². The molecule has 2 aromatic rings. The third-order valence-corrected chi connectivity index (χ3v) is 2.95. The van der Waals surface area contributed by atoms with Gasteiger partial charge in [0.05, 0.1) is 6.26 Å². The van der Waals surface area contributed by atoms with E-state index in [9.17, 15) is 14.7 Å². The second kappa shape index (κ2) is 6.06. The zero-order valence-corrected chi connectivity index (χ0v) is 11.0. The first-order valence-corrected chi connectivity index (χ1v) is 6.19. The van der Waals surface area contributed by atoms with Gasteiger partial charge in [-0.15, -0.1) is 0 Å². The largest absolute Gasteiger partial charge is 0.480 e. The Morgan fingerprint density at radius 1 is 1.25 bits per heavy atom. The molecule has 1 atom stereocenters. The standard InChI is InChI=1S/C15H15NO4/c1-10-7-8-20-13(10)14(17)16-12(15(18)19)9-11-5-3-2-4-6-11/h2-8,12H,9H2,1H3,(H,16,17)(H,18,19)/t12-/m0/s1. The highest BCUT2D eigenvalue weighted by Gasteiger charge is 2.23. The summed E-state index contributed by atoms with van der Waals surface area (Å²) in [6.45, 7) is 1.73. The lowest BCUT2D eigenvalue weighted by atomic mass is 10.1. The maximum absolute atomic E-state index is 12.0. The average Bonchev–Trinajstić information content (AvgIpc) is 2.85. The van der Waals surface area contributed by atoms with Crippen LogP contribution in [0.1, 0.15) is 21.7 Å². The highest BCUT2D eigenvalue weighted by Crippen LogP contribution is 2.10. The quantitative estimate of drug-likeness (QED) is 0.873. The van der Waals surface area contributed by atoms with Crippen LogP contribution in [-0.4, -0.2) is 23.0 Å². The van der Waals surface area contributed by atoms with E-state index in [2.05, 4.69) is 5.32 Å². The smallest absolute Gasteiger partial charge is 0.326 e. The molecule has 0 spiro atoms. The molecule has 0 saturated heterocycles. The molecular weight excluding hydrogens is 258 g/mol. The number of rotatable bonds is 5. The zero-order valence-electron chi connectivity index (χ0n) is 11.0. The Balaban J connectivity index is 2.09. The Hall–Kier alpha value is -2.56. The molecule has 0 fully saturated rings. The molecule has 1 aromatic carbocycles. The Kier molecular flexibility index (Phi) is 4.20. The predicted molar refractivity (Wildman–Crippen MR) is 72.5 cm³/mol. The van der Waals surface area contributed by atoms with E-state index in [4.69, 9.17) is 4.42 Å². The number of carbonyl (C=O) groups excluding carboxylic acids is 1. The number of amides is 1. The monoisotopic (exact) mass is 273 g/mol. The van der Waals surface area contributed by atoms with Gasteiger partial charge in [0.1, 0.15) is 6.04 Å². The molecular formula is C15H15NO4. The summed E-state index contributed by atoms with van der Waals surface area (Å²) in [7, 11) is 0. The summed E-state index contributed by atoms with van der Waals surface area (Å²) < 4.78 is 5.05. The van der Waals surface area contributed by atoms with Gasteiger partial charge in [0.2, 0.25) is 0 Å². The van der Waals surface area contributed by atoms with Crippen molar-refractivity contribution in [2.75, 3.05) is 0 Å². The summed E-state index contributed by atoms with van der Waals surface area (Å²) in [5.41, 5.74) is 1.52. The average molecular weight is 273 g/mol. The highest BCUT2D eigenvalue weighted by molar-refractivity contribution is 5.95. The Morgan fingerprint density at radius 3 is 2.50 bits per heavy atom.